The van der Waals surface area contributed by atoms with E-state index in [1.54, 1.807) is 0 Å². The molecule has 2 atom stereocenters. The van der Waals surface area contributed by atoms with Gasteiger partial charge >= 0.3 is 0 Å². The molecule has 0 saturated carbocycles. The molecular weight excluding hydrogens is 170 g/mol. The Balaban J connectivity index is 4.02. The minimum absolute atomic E-state index is 0.164. The summed E-state index contributed by atoms with van der Waals surface area (Å²) in [7, 11) is -0.938. The zero-order valence-electron chi connectivity index (χ0n) is 8.97. The van der Waals surface area contributed by atoms with Crippen LogP contribution in [0.2, 0.25) is 0 Å². The van der Waals surface area contributed by atoms with Crippen LogP contribution in [0, 0.1) is 5.92 Å². The van der Waals surface area contributed by atoms with Crippen LogP contribution in [0.25, 0.3) is 0 Å². The zero-order valence-corrected chi connectivity index (χ0v) is 9.79. The molecule has 0 saturated heterocycles. The van der Waals surface area contributed by atoms with Gasteiger partial charge in [-0.3, -0.25) is 0 Å². The molecule has 0 bridgehead atoms. The zero-order chi connectivity index (χ0) is 9.94. The Morgan fingerprint density at radius 3 is 1.83 bits per heavy atom. The normalized spacial score (nSPS) is 17.9. The van der Waals surface area contributed by atoms with Crippen molar-refractivity contribution in [2.24, 2.45) is 5.92 Å². The predicted octanol–water partition coefficient (Wildman–Crippen LogP) is 2.08. The van der Waals surface area contributed by atoms with E-state index in [9.17, 15) is 4.21 Å². The molecule has 0 aromatic carbocycles. The molecule has 0 radical (unpaired) electrons. The van der Waals surface area contributed by atoms with Crippen molar-refractivity contribution in [2.75, 3.05) is 0 Å². The largest absolute Gasteiger partial charge is 0.242 e. The van der Waals surface area contributed by atoms with Gasteiger partial charge in [0.25, 0.3) is 0 Å². The number of hydrogen-bond donors (Lipinski definition) is 1. The van der Waals surface area contributed by atoms with Crippen molar-refractivity contribution in [3.8, 4) is 0 Å². The van der Waals surface area contributed by atoms with Gasteiger partial charge in [0.15, 0.2) is 0 Å². The van der Waals surface area contributed by atoms with Crippen molar-refractivity contribution < 1.29 is 4.21 Å². The molecule has 1 unspecified atom stereocenters. The lowest BCUT2D eigenvalue weighted by Gasteiger charge is -2.23. The van der Waals surface area contributed by atoms with Crippen LogP contribution in [0.15, 0.2) is 0 Å². The smallest absolute Gasteiger partial charge is 0.0972 e. The summed E-state index contributed by atoms with van der Waals surface area (Å²) < 4.78 is 14.5. The monoisotopic (exact) mass is 191 g/mol. The third-order valence-corrected chi connectivity index (χ3v) is 3.55. The SMILES string of the molecule is CC(C)[C@@H](C)NS(=O)C(C)(C)C. The number of nitrogens with one attached hydrogen (secondary N) is 1. The van der Waals surface area contributed by atoms with E-state index in [4.69, 9.17) is 0 Å². The van der Waals surface area contributed by atoms with Crippen LogP contribution < -0.4 is 4.72 Å². The van der Waals surface area contributed by atoms with Gasteiger partial charge in [-0.1, -0.05) is 13.8 Å². The molecule has 0 rings (SSSR count). The highest BCUT2D eigenvalue weighted by atomic mass is 32.2. The quantitative estimate of drug-likeness (QED) is 0.727. The highest BCUT2D eigenvalue weighted by Crippen LogP contribution is 2.11. The van der Waals surface area contributed by atoms with E-state index in [0.717, 1.165) is 0 Å². The van der Waals surface area contributed by atoms with Gasteiger partial charge in [0.1, 0.15) is 0 Å². The van der Waals surface area contributed by atoms with Crippen LogP contribution in [0.3, 0.4) is 0 Å². The molecule has 0 spiro atoms. The fourth-order valence-electron chi connectivity index (χ4n) is 0.482. The predicted molar refractivity (Wildman–Crippen MR) is 55.3 cm³/mol. The van der Waals surface area contributed by atoms with Gasteiger partial charge in [-0.25, -0.2) is 8.93 Å². The first-order valence-electron chi connectivity index (χ1n) is 4.43. The van der Waals surface area contributed by atoms with Crippen molar-refractivity contribution in [2.45, 2.75) is 52.3 Å². The summed E-state index contributed by atoms with van der Waals surface area (Å²) in [6.45, 7) is 12.2. The minimum Gasteiger partial charge on any atom is -0.242 e. The van der Waals surface area contributed by atoms with Gasteiger partial charge in [-0.2, -0.15) is 0 Å². The van der Waals surface area contributed by atoms with E-state index in [1.807, 2.05) is 20.8 Å². The van der Waals surface area contributed by atoms with Crippen molar-refractivity contribution in [3.05, 3.63) is 0 Å². The average molecular weight is 191 g/mol. The highest BCUT2D eigenvalue weighted by molar-refractivity contribution is 7.84. The Kier molecular flexibility index (Phi) is 4.42. The fourth-order valence-corrected chi connectivity index (χ4v) is 1.45. The van der Waals surface area contributed by atoms with Crippen molar-refractivity contribution in [3.63, 3.8) is 0 Å². The summed E-state index contributed by atoms with van der Waals surface area (Å²) >= 11 is 0. The van der Waals surface area contributed by atoms with Crippen molar-refractivity contribution in [1.29, 1.82) is 0 Å². The van der Waals surface area contributed by atoms with E-state index in [-0.39, 0.29) is 4.75 Å². The molecular formula is C9H21NOS. The first-order chi connectivity index (χ1) is 5.25. The molecule has 0 heterocycles. The van der Waals surface area contributed by atoms with Crippen molar-refractivity contribution >= 4 is 11.0 Å². The standard InChI is InChI=1S/C9H21NOS/c1-7(2)8(3)10-12(11)9(4,5)6/h7-8,10H,1-6H3/t8-,12?/m1/s1. The van der Waals surface area contributed by atoms with Gasteiger partial charge in [0.2, 0.25) is 0 Å². The summed E-state index contributed by atoms with van der Waals surface area (Å²) in [5, 5.41) is 0. The number of hydrogen-bond acceptors (Lipinski definition) is 1. The molecule has 0 aliphatic rings. The summed E-state index contributed by atoms with van der Waals surface area (Å²) in [6.07, 6.45) is 0. The van der Waals surface area contributed by atoms with E-state index < -0.39 is 11.0 Å². The molecule has 74 valence electrons. The first-order valence-corrected chi connectivity index (χ1v) is 5.58. The van der Waals surface area contributed by atoms with Gasteiger partial charge in [-0.05, 0) is 33.6 Å². The van der Waals surface area contributed by atoms with Crippen LogP contribution in [-0.2, 0) is 11.0 Å². The minimum atomic E-state index is -0.938. The van der Waals surface area contributed by atoms with Gasteiger partial charge in [0.05, 0.1) is 15.7 Å². The molecule has 0 amide bonds. The summed E-state index contributed by atoms with van der Waals surface area (Å²) in [6, 6.07) is 0.310. The Labute approximate surface area is 78.7 Å². The average Bonchev–Trinajstić information content (AvgIpc) is 1.85. The topological polar surface area (TPSA) is 29.1 Å². The molecule has 0 aromatic heterocycles. The maximum Gasteiger partial charge on any atom is 0.0972 e. The summed E-state index contributed by atoms with van der Waals surface area (Å²) in [5.74, 6) is 0.524. The van der Waals surface area contributed by atoms with Crippen LogP contribution in [-0.4, -0.2) is 15.0 Å². The molecule has 0 aromatic rings. The lowest BCUT2D eigenvalue weighted by Crippen LogP contribution is -2.40. The maximum absolute atomic E-state index is 11.6. The highest BCUT2D eigenvalue weighted by Gasteiger charge is 2.21. The molecule has 2 nitrogen and oxygen atoms in total. The summed E-state index contributed by atoms with van der Waals surface area (Å²) in [5.41, 5.74) is 0. The van der Waals surface area contributed by atoms with Crippen LogP contribution in [0.1, 0.15) is 41.5 Å². The third kappa shape index (κ3) is 4.21. The second kappa shape index (κ2) is 4.38. The van der Waals surface area contributed by atoms with Crippen molar-refractivity contribution in [1.82, 2.24) is 4.72 Å². The Bertz CT molecular complexity index is 160. The lowest BCUT2D eigenvalue weighted by molar-refractivity contribution is 0.487. The van der Waals surface area contributed by atoms with Crippen LogP contribution >= 0.6 is 0 Å². The van der Waals surface area contributed by atoms with E-state index in [2.05, 4.69) is 25.5 Å². The van der Waals surface area contributed by atoms with Crippen LogP contribution in [0.4, 0.5) is 0 Å². The molecule has 0 fully saturated rings. The Morgan fingerprint density at radius 1 is 1.17 bits per heavy atom. The second-order valence-corrected chi connectivity index (χ2v) is 6.53. The molecule has 12 heavy (non-hydrogen) atoms. The third-order valence-electron chi connectivity index (χ3n) is 1.85. The second-order valence-electron chi connectivity index (χ2n) is 4.53. The molecule has 3 heteroatoms. The fraction of sp³-hybridized carbons (Fsp3) is 1.00. The maximum atomic E-state index is 11.6. The molecule has 0 aliphatic heterocycles. The Morgan fingerprint density at radius 2 is 1.58 bits per heavy atom. The van der Waals surface area contributed by atoms with Gasteiger partial charge in [-0.15, -0.1) is 0 Å². The molecule has 1 N–H and O–H groups in total. The molecule has 0 aliphatic carbocycles. The summed E-state index contributed by atoms with van der Waals surface area (Å²) in [4.78, 5) is 0. The Hall–Kier alpha value is 0.110. The lowest BCUT2D eigenvalue weighted by atomic mass is 10.1. The number of rotatable bonds is 3. The van der Waals surface area contributed by atoms with E-state index in [0.29, 0.717) is 12.0 Å². The van der Waals surface area contributed by atoms with E-state index in [1.165, 1.54) is 0 Å². The van der Waals surface area contributed by atoms with E-state index >= 15 is 0 Å². The van der Waals surface area contributed by atoms with Gasteiger partial charge < -0.3 is 0 Å². The van der Waals surface area contributed by atoms with Crippen LogP contribution in [0.5, 0.6) is 0 Å². The van der Waals surface area contributed by atoms with Gasteiger partial charge in [0, 0.05) is 6.04 Å². The first kappa shape index (κ1) is 12.1.